The Morgan fingerprint density at radius 2 is 2.12 bits per heavy atom. The molecule has 16 heavy (non-hydrogen) atoms. The van der Waals surface area contributed by atoms with E-state index in [1.807, 2.05) is 24.3 Å². The fourth-order valence-electron chi connectivity index (χ4n) is 1.57. The summed E-state index contributed by atoms with van der Waals surface area (Å²) in [5, 5.41) is 13.5. The van der Waals surface area contributed by atoms with Crippen LogP contribution in [0.25, 0.3) is 10.9 Å². The van der Waals surface area contributed by atoms with Crippen molar-refractivity contribution in [3.63, 3.8) is 0 Å². The number of hydrogen-bond donors (Lipinski definition) is 2. The minimum Gasteiger partial charge on any atom is -0.395 e. The van der Waals surface area contributed by atoms with Crippen LogP contribution in [0.3, 0.4) is 0 Å². The molecule has 0 aliphatic carbocycles. The van der Waals surface area contributed by atoms with E-state index in [0.717, 1.165) is 21.5 Å². The van der Waals surface area contributed by atoms with Crippen LogP contribution in [0.5, 0.6) is 0 Å². The molecular weight excluding hydrogens is 224 g/mol. The Hall–Kier alpha value is -1.16. The van der Waals surface area contributed by atoms with E-state index in [0.29, 0.717) is 13.1 Å². The van der Waals surface area contributed by atoms with Crippen molar-refractivity contribution in [2.75, 3.05) is 13.2 Å². The van der Waals surface area contributed by atoms with Crippen LogP contribution in [-0.2, 0) is 6.54 Å². The van der Waals surface area contributed by atoms with Gasteiger partial charge in [-0.05, 0) is 6.07 Å². The number of pyridine rings is 1. The Kier molecular flexibility index (Phi) is 3.72. The molecule has 84 valence electrons. The van der Waals surface area contributed by atoms with Crippen molar-refractivity contribution in [1.82, 2.24) is 10.3 Å². The molecular formula is C12H13ClN2O. The highest BCUT2D eigenvalue weighted by Crippen LogP contribution is 2.25. The summed E-state index contributed by atoms with van der Waals surface area (Å²) in [5.74, 6) is 0. The predicted molar refractivity (Wildman–Crippen MR) is 65.5 cm³/mol. The minimum atomic E-state index is 0.124. The van der Waals surface area contributed by atoms with Crippen molar-refractivity contribution in [2.45, 2.75) is 6.54 Å². The molecule has 0 aliphatic rings. The molecule has 2 rings (SSSR count). The molecule has 0 bridgehead atoms. The van der Waals surface area contributed by atoms with Crippen LogP contribution in [0.1, 0.15) is 5.56 Å². The number of para-hydroxylation sites is 1. The van der Waals surface area contributed by atoms with Crippen molar-refractivity contribution >= 4 is 22.5 Å². The van der Waals surface area contributed by atoms with Gasteiger partial charge in [-0.3, -0.25) is 4.98 Å². The average Bonchev–Trinajstić information content (AvgIpc) is 2.33. The van der Waals surface area contributed by atoms with Gasteiger partial charge in [-0.25, -0.2) is 0 Å². The Balaban J connectivity index is 2.29. The third-order valence-corrected chi connectivity index (χ3v) is 2.83. The molecule has 4 heteroatoms. The summed E-state index contributed by atoms with van der Waals surface area (Å²) in [7, 11) is 0. The van der Waals surface area contributed by atoms with E-state index in [2.05, 4.69) is 10.3 Å². The molecule has 1 aromatic carbocycles. The Morgan fingerprint density at radius 3 is 2.94 bits per heavy atom. The largest absolute Gasteiger partial charge is 0.395 e. The molecule has 0 saturated carbocycles. The van der Waals surface area contributed by atoms with Crippen molar-refractivity contribution in [1.29, 1.82) is 0 Å². The summed E-state index contributed by atoms with van der Waals surface area (Å²) in [6.45, 7) is 1.30. The van der Waals surface area contributed by atoms with Gasteiger partial charge in [0, 0.05) is 30.2 Å². The van der Waals surface area contributed by atoms with E-state index in [4.69, 9.17) is 16.7 Å². The first-order chi connectivity index (χ1) is 7.83. The lowest BCUT2D eigenvalue weighted by Gasteiger charge is -2.07. The molecule has 0 spiro atoms. The molecule has 0 aliphatic heterocycles. The Morgan fingerprint density at radius 1 is 1.31 bits per heavy atom. The SMILES string of the molecule is OCCNCc1cnc2ccccc2c1Cl. The second-order valence-electron chi connectivity index (χ2n) is 3.51. The summed E-state index contributed by atoms with van der Waals surface area (Å²) in [4.78, 5) is 4.33. The van der Waals surface area contributed by atoms with E-state index in [9.17, 15) is 0 Å². The highest BCUT2D eigenvalue weighted by Gasteiger charge is 2.05. The number of aromatic nitrogens is 1. The quantitative estimate of drug-likeness (QED) is 0.798. The summed E-state index contributed by atoms with van der Waals surface area (Å²) in [5.41, 5.74) is 1.85. The van der Waals surface area contributed by atoms with Crippen molar-refractivity contribution < 1.29 is 5.11 Å². The van der Waals surface area contributed by atoms with Crippen LogP contribution >= 0.6 is 11.6 Å². The monoisotopic (exact) mass is 236 g/mol. The molecule has 1 heterocycles. The third kappa shape index (κ3) is 2.32. The number of benzene rings is 1. The number of halogens is 1. The number of rotatable bonds is 4. The highest BCUT2D eigenvalue weighted by molar-refractivity contribution is 6.36. The maximum absolute atomic E-state index is 8.67. The average molecular weight is 237 g/mol. The first-order valence-electron chi connectivity index (χ1n) is 5.16. The molecule has 2 aromatic rings. The standard InChI is InChI=1S/C12H13ClN2O/c13-12-9(7-14-5-6-16)8-15-11-4-2-1-3-10(11)12/h1-4,8,14,16H,5-7H2. The predicted octanol–water partition coefficient (Wildman–Crippen LogP) is 1.97. The van der Waals surface area contributed by atoms with Crippen molar-refractivity contribution in [2.24, 2.45) is 0 Å². The van der Waals surface area contributed by atoms with E-state index in [1.165, 1.54) is 0 Å². The van der Waals surface area contributed by atoms with Crippen molar-refractivity contribution in [3.05, 3.63) is 41.0 Å². The van der Waals surface area contributed by atoms with Gasteiger partial charge in [-0.2, -0.15) is 0 Å². The van der Waals surface area contributed by atoms with Gasteiger partial charge in [0.15, 0.2) is 0 Å². The van der Waals surface area contributed by atoms with Crippen molar-refractivity contribution in [3.8, 4) is 0 Å². The number of aliphatic hydroxyl groups excluding tert-OH is 1. The van der Waals surface area contributed by atoms with Crippen LogP contribution < -0.4 is 5.32 Å². The smallest absolute Gasteiger partial charge is 0.0717 e. The molecule has 0 unspecified atom stereocenters. The molecule has 3 nitrogen and oxygen atoms in total. The van der Waals surface area contributed by atoms with E-state index >= 15 is 0 Å². The van der Waals surface area contributed by atoms with E-state index < -0.39 is 0 Å². The Bertz CT molecular complexity index is 487. The lowest BCUT2D eigenvalue weighted by molar-refractivity contribution is 0.292. The Labute approximate surface area is 99.1 Å². The maximum atomic E-state index is 8.67. The molecule has 1 aromatic heterocycles. The first kappa shape index (κ1) is 11.3. The molecule has 0 amide bonds. The van der Waals surface area contributed by atoms with Gasteiger partial charge in [-0.1, -0.05) is 29.8 Å². The number of fused-ring (bicyclic) bond motifs is 1. The summed E-state index contributed by atoms with van der Waals surface area (Å²) in [6, 6.07) is 7.78. The van der Waals surface area contributed by atoms with Gasteiger partial charge in [0.2, 0.25) is 0 Å². The van der Waals surface area contributed by atoms with Gasteiger partial charge in [0.1, 0.15) is 0 Å². The van der Waals surface area contributed by atoms with E-state index in [1.54, 1.807) is 6.20 Å². The van der Waals surface area contributed by atoms with Crippen LogP contribution in [0.2, 0.25) is 5.02 Å². The minimum absolute atomic E-state index is 0.124. The topological polar surface area (TPSA) is 45.1 Å². The highest BCUT2D eigenvalue weighted by atomic mass is 35.5. The normalized spacial score (nSPS) is 10.9. The van der Waals surface area contributed by atoms with Gasteiger partial charge < -0.3 is 10.4 Å². The lowest BCUT2D eigenvalue weighted by atomic mass is 10.1. The zero-order chi connectivity index (χ0) is 11.4. The molecule has 0 saturated heterocycles. The van der Waals surface area contributed by atoms with Crippen LogP contribution in [-0.4, -0.2) is 23.2 Å². The van der Waals surface area contributed by atoms with Gasteiger partial charge in [0.05, 0.1) is 17.1 Å². The number of aliphatic hydroxyl groups is 1. The second kappa shape index (κ2) is 5.25. The van der Waals surface area contributed by atoms with Crippen LogP contribution in [0.4, 0.5) is 0 Å². The summed E-state index contributed by atoms with van der Waals surface area (Å²) < 4.78 is 0. The van der Waals surface area contributed by atoms with E-state index in [-0.39, 0.29) is 6.61 Å². The summed E-state index contributed by atoms with van der Waals surface area (Å²) >= 11 is 6.28. The fraction of sp³-hybridized carbons (Fsp3) is 0.250. The number of nitrogens with one attached hydrogen (secondary N) is 1. The van der Waals surface area contributed by atoms with Crippen LogP contribution in [0, 0.1) is 0 Å². The van der Waals surface area contributed by atoms with Gasteiger partial charge in [0.25, 0.3) is 0 Å². The fourth-order valence-corrected chi connectivity index (χ4v) is 1.85. The molecule has 0 atom stereocenters. The summed E-state index contributed by atoms with van der Waals surface area (Å²) in [6.07, 6.45) is 1.77. The lowest BCUT2D eigenvalue weighted by Crippen LogP contribution is -2.17. The number of hydrogen-bond acceptors (Lipinski definition) is 3. The third-order valence-electron chi connectivity index (χ3n) is 2.39. The van der Waals surface area contributed by atoms with Gasteiger partial charge in [-0.15, -0.1) is 0 Å². The maximum Gasteiger partial charge on any atom is 0.0717 e. The molecule has 2 N–H and O–H groups in total. The first-order valence-corrected chi connectivity index (χ1v) is 5.54. The molecule has 0 radical (unpaired) electrons. The number of nitrogens with zero attached hydrogens (tertiary/aromatic N) is 1. The van der Waals surface area contributed by atoms with Gasteiger partial charge >= 0.3 is 0 Å². The second-order valence-corrected chi connectivity index (χ2v) is 3.89. The molecule has 0 fully saturated rings. The van der Waals surface area contributed by atoms with Crippen LogP contribution in [0.15, 0.2) is 30.5 Å². The zero-order valence-electron chi connectivity index (χ0n) is 8.78. The zero-order valence-corrected chi connectivity index (χ0v) is 9.54.